The van der Waals surface area contributed by atoms with Crippen LogP contribution in [0.1, 0.15) is 39.4 Å². The van der Waals surface area contributed by atoms with Gasteiger partial charge in [0.25, 0.3) is 0 Å². The summed E-state index contributed by atoms with van der Waals surface area (Å²) in [6, 6.07) is 23.7. The first-order valence-electron chi connectivity index (χ1n) is 12.2. The Bertz CT molecular complexity index is 2040. The van der Waals surface area contributed by atoms with E-state index in [0.717, 1.165) is 42.9 Å². The molecule has 0 amide bonds. The van der Waals surface area contributed by atoms with Crippen molar-refractivity contribution >= 4 is 54.7 Å². The van der Waals surface area contributed by atoms with E-state index in [0.29, 0.717) is 11.1 Å². The van der Waals surface area contributed by atoms with E-state index in [4.69, 9.17) is 5.26 Å². The minimum absolute atomic E-state index is 0.0319. The molecular formula is C31H20N4O3S. The molecule has 7 nitrogen and oxygen atoms in total. The van der Waals surface area contributed by atoms with Crippen molar-refractivity contribution in [1.82, 2.24) is 14.5 Å². The van der Waals surface area contributed by atoms with E-state index in [2.05, 4.69) is 22.1 Å². The summed E-state index contributed by atoms with van der Waals surface area (Å²) >= 11 is 1.17. The molecule has 1 aliphatic rings. The molecule has 2 aromatic heterocycles. The fraction of sp³-hybridized carbons (Fsp3) is 0.0968. The highest BCUT2D eigenvalue weighted by Crippen LogP contribution is 2.40. The van der Waals surface area contributed by atoms with E-state index in [9.17, 15) is 14.4 Å². The molecule has 39 heavy (non-hydrogen) atoms. The molecule has 4 aromatic carbocycles. The molecule has 2 heterocycles. The first-order valence-corrected chi connectivity index (χ1v) is 13.0. The van der Waals surface area contributed by atoms with Crippen molar-refractivity contribution in [2.75, 3.05) is 0 Å². The van der Waals surface area contributed by atoms with E-state index >= 15 is 0 Å². The molecule has 6 aromatic rings. The molecule has 0 radical (unpaired) electrons. The second-order valence-corrected chi connectivity index (χ2v) is 10.3. The molecule has 1 aliphatic carbocycles. The number of nitrogens with zero attached hydrogens (tertiary/aromatic N) is 4. The average molecular weight is 529 g/mol. The minimum Gasteiger partial charge on any atom is -0.302 e. The van der Waals surface area contributed by atoms with Gasteiger partial charge in [-0.05, 0) is 44.8 Å². The number of nitriles is 1. The van der Waals surface area contributed by atoms with E-state index in [-0.39, 0.29) is 22.9 Å². The third-order valence-corrected chi connectivity index (χ3v) is 8.04. The summed E-state index contributed by atoms with van der Waals surface area (Å²) in [5, 5.41) is 12.3. The minimum atomic E-state index is -0.504. The van der Waals surface area contributed by atoms with Gasteiger partial charge in [-0.15, -0.1) is 0 Å². The zero-order valence-electron chi connectivity index (χ0n) is 20.8. The van der Waals surface area contributed by atoms with E-state index < -0.39 is 5.92 Å². The van der Waals surface area contributed by atoms with Crippen molar-refractivity contribution in [3.05, 3.63) is 117 Å². The number of carbonyl (C=O) groups is 2. The number of thiazole rings is 1. The number of fused-ring (bicyclic) bond motifs is 6. The summed E-state index contributed by atoms with van der Waals surface area (Å²) in [7, 11) is 1.75. The van der Waals surface area contributed by atoms with Crippen molar-refractivity contribution in [3.63, 3.8) is 0 Å². The Balaban J connectivity index is 0.000000299. The maximum absolute atomic E-state index is 13.0. The first-order chi connectivity index (χ1) is 19.0. The third-order valence-electron chi connectivity index (χ3n) is 7.04. The quantitative estimate of drug-likeness (QED) is 0.205. The van der Waals surface area contributed by atoms with Crippen LogP contribution in [0.4, 0.5) is 0 Å². The maximum Gasteiger partial charge on any atom is 0.307 e. The monoisotopic (exact) mass is 528 g/mol. The summed E-state index contributed by atoms with van der Waals surface area (Å²) in [5.41, 5.74) is 3.57. The second-order valence-electron chi connectivity index (χ2n) is 9.30. The summed E-state index contributed by atoms with van der Waals surface area (Å²) in [4.78, 5) is 45.3. The van der Waals surface area contributed by atoms with Crippen LogP contribution in [-0.4, -0.2) is 26.1 Å². The summed E-state index contributed by atoms with van der Waals surface area (Å²) < 4.78 is 2.46. The Morgan fingerprint density at radius 2 is 1.69 bits per heavy atom. The first kappa shape index (κ1) is 24.3. The molecule has 0 N–H and O–H groups in total. The highest BCUT2D eigenvalue weighted by molar-refractivity contribution is 7.16. The number of ketones is 2. The van der Waals surface area contributed by atoms with Crippen molar-refractivity contribution in [2.45, 2.75) is 12.3 Å². The average Bonchev–Trinajstić information content (AvgIpc) is 3.25. The zero-order valence-corrected chi connectivity index (χ0v) is 21.6. The van der Waals surface area contributed by atoms with Crippen molar-refractivity contribution < 1.29 is 9.59 Å². The van der Waals surface area contributed by atoms with Crippen LogP contribution < -0.4 is 4.87 Å². The molecule has 0 fully saturated rings. The zero-order chi connectivity index (χ0) is 27.1. The predicted molar refractivity (Wildman–Crippen MR) is 151 cm³/mol. The van der Waals surface area contributed by atoms with Gasteiger partial charge in [-0.3, -0.25) is 14.4 Å². The largest absolute Gasteiger partial charge is 0.307 e. The second kappa shape index (κ2) is 9.71. The van der Waals surface area contributed by atoms with Crippen LogP contribution in [0.3, 0.4) is 0 Å². The lowest BCUT2D eigenvalue weighted by molar-refractivity contribution is -0.119. The van der Waals surface area contributed by atoms with E-state index in [1.807, 2.05) is 60.7 Å². The van der Waals surface area contributed by atoms with Crippen LogP contribution in [0.5, 0.6) is 0 Å². The van der Waals surface area contributed by atoms with Crippen molar-refractivity contribution in [3.8, 4) is 6.07 Å². The lowest BCUT2D eigenvalue weighted by atomic mass is 9.75. The topological polar surface area (TPSA) is 106 Å². The number of carbonyl (C=O) groups excluding carboxylic acids is 2. The molecular weight excluding hydrogens is 508 g/mol. The number of hydrogen-bond acceptors (Lipinski definition) is 7. The van der Waals surface area contributed by atoms with E-state index in [1.54, 1.807) is 11.6 Å². The summed E-state index contributed by atoms with van der Waals surface area (Å²) in [5.74, 6) is -0.724. The Hall–Kier alpha value is -5.00. The van der Waals surface area contributed by atoms with Gasteiger partial charge in [-0.25, -0.2) is 9.97 Å². The van der Waals surface area contributed by atoms with Gasteiger partial charge in [0.1, 0.15) is 12.4 Å². The molecule has 0 aliphatic heterocycles. The van der Waals surface area contributed by atoms with Gasteiger partial charge < -0.3 is 4.57 Å². The van der Waals surface area contributed by atoms with Gasteiger partial charge in [0.15, 0.2) is 11.6 Å². The third kappa shape index (κ3) is 4.19. The predicted octanol–water partition coefficient (Wildman–Crippen LogP) is 5.54. The van der Waals surface area contributed by atoms with Crippen molar-refractivity contribution in [2.24, 2.45) is 7.05 Å². The van der Waals surface area contributed by atoms with Gasteiger partial charge in [-0.1, -0.05) is 65.9 Å². The number of aromatic nitrogens is 3. The molecule has 1 atom stereocenters. The molecule has 0 saturated carbocycles. The number of hydrogen-bond donors (Lipinski definition) is 0. The lowest BCUT2D eigenvalue weighted by Gasteiger charge is -2.25. The number of Topliss-reactive ketones (excluding diaryl/α,β-unsaturated/α-hetero) is 2. The Kier molecular flexibility index (Phi) is 6.06. The molecule has 8 heteroatoms. The highest BCUT2D eigenvalue weighted by atomic mass is 32.1. The normalized spacial score (nSPS) is 14.6. The van der Waals surface area contributed by atoms with Gasteiger partial charge >= 0.3 is 4.87 Å². The molecule has 0 spiro atoms. The summed E-state index contributed by atoms with van der Waals surface area (Å²) in [6.07, 6.45) is 4.22. The van der Waals surface area contributed by atoms with Gasteiger partial charge in [0.2, 0.25) is 0 Å². The SMILES string of the molecule is Cn1c(=O)sc2cc(C3C(=O)CC(=O)c4c3ccc3c4ccc4ccccc43)ccc21.N#Cc1cncnc1. The fourth-order valence-corrected chi connectivity index (χ4v) is 6.16. The Morgan fingerprint density at radius 3 is 2.46 bits per heavy atom. The molecule has 0 saturated heterocycles. The Labute approximate surface area is 226 Å². The molecule has 0 bridgehead atoms. The number of aryl methyl sites for hydroxylation is 1. The standard InChI is InChI=1S/C26H17NO3S.C5H3N3/c1-27-20-11-7-15(12-23(20)31-26(27)30)24-19-10-9-17-16-5-3-2-4-14(16)6-8-18(17)25(19)22(29)13-21(24)28;6-1-5-2-7-4-8-3-5/h2-12,24H,13H2,1H3;2-4H. The number of rotatable bonds is 1. The smallest absolute Gasteiger partial charge is 0.302 e. The van der Waals surface area contributed by atoms with Crippen LogP contribution in [0.2, 0.25) is 0 Å². The van der Waals surface area contributed by atoms with Crippen LogP contribution >= 0.6 is 11.3 Å². The molecule has 1 unspecified atom stereocenters. The van der Waals surface area contributed by atoms with E-state index in [1.165, 1.54) is 30.1 Å². The van der Waals surface area contributed by atoms with Crippen molar-refractivity contribution in [1.29, 1.82) is 5.26 Å². The molecule has 7 rings (SSSR count). The maximum atomic E-state index is 13.0. The van der Waals surface area contributed by atoms with Crippen LogP contribution in [-0.2, 0) is 11.8 Å². The van der Waals surface area contributed by atoms with Crippen LogP contribution in [0, 0.1) is 11.3 Å². The van der Waals surface area contributed by atoms with Gasteiger partial charge in [-0.2, -0.15) is 5.26 Å². The number of benzene rings is 4. The van der Waals surface area contributed by atoms with Gasteiger partial charge in [0, 0.05) is 25.0 Å². The fourth-order valence-electron chi connectivity index (χ4n) is 5.23. The molecule has 188 valence electrons. The van der Waals surface area contributed by atoms with Crippen LogP contribution in [0.15, 0.2) is 90.2 Å². The Morgan fingerprint density at radius 1 is 0.923 bits per heavy atom. The van der Waals surface area contributed by atoms with Gasteiger partial charge in [0.05, 0.1) is 28.1 Å². The lowest BCUT2D eigenvalue weighted by Crippen LogP contribution is -2.26. The van der Waals surface area contributed by atoms with Crippen LogP contribution in [0.25, 0.3) is 31.8 Å². The summed E-state index contributed by atoms with van der Waals surface area (Å²) in [6.45, 7) is 0. The highest BCUT2D eigenvalue weighted by Gasteiger charge is 2.35.